The first-order valence-corrected chi connectivity index (χ1v) is 8.53. The molecular formula is C17H27N3O. The molecule has 4 rings (SSSR count). The first-order chi connectivity index (χ1) is 10.1. The van der Waals surface area contributed by atoms with Gasteiger partial charge in [-0.3, -0.25) is 4.68 Å². The lowest BCUT2D eigenvalue weighted by Gasteiger charge is -2.64. The Hall–Kier alpha value is -0.870. The molecule has 0 amide bonds. The van der Waals surface area contributed by atoms with Crippen LogP contribution in [-0.2, 0) is 4.74 Å². The number of hydrogen-bond acceptors (Lipinski definition) is 3. The summed E-state index contributed by atoms with van der Waals surface area (Å²) in [6, 6.07) is 1.46. The average molecular weight is 289 g/mol. The number of ether oxygens (including phenoxy) is 1. The van der Waals surface area contributed by atoms with Crippen molar-refractivity contribution >= 4 is 0 Å². The van der Waals surface area contributed by atoms with Gasteiger partial charge < -0.3 is 10.1 Å². The quantitative estimate of drug-likeness (QED) is 0.926. The van der Waals surface area contributed by atoms with Crippen LogP contribution in [0.3, 0.4) is 0 Å². The molecule has 116 valence electrons. The third kappa shape index (κ3) is 1.92. The van der Waals surface area contributed by atoms with Crippen molar-refractivity contribution in [2.45, 2.75) is 70.7 Å². The molecule has 1 aliphatic heterocycles. The lowest BCUT2D eigenvalue weighted by atomic mass is 9.46. The maximum absolute atomic E-state index is 6.01. The van der Waals surface area contributed by atoms with Gasteiger partial charge in [-0.25, -0.2) is 0 Å². The molecule has 2 aliphatic carbocycles. The highest BCUT2D eigenvalue weighted by Gasteiger charge is 2.66. The topological polar surface area (TPSA) is 39.1 Å². The van der Waals surface area contributed by atoms with Crippen LogP contribution in [-0.4, -0.2) is 28.5 Å². The zero-order chi connectivity index (χ0) is 14.6. The van der Waals surface area contributed by atoms with Crippen molar-refractivity contribution in [3.63, 3.8) is 0 Å². The number of rotatable bonds is 4. The molecule has 1 aromatic rings. The van der Waals surface area contributed by atoms with E-state index in [1.165, 1.54) is 31.2 Å². The Morgan fingerprint density at radius 3 is 2.81 bits per heavy atom. The summed E-state index contributed by atoms with van der Waals surface area (Å²) in [5.41, 5.74) is 1.77. The van der Waals surface area contributed by atoms with Crippen molar-refractivity contribution in [2.24, 2.45) is 11.3 Å². The average Bonchev–Trinajstić information content (AvgIpc) is 3.01. The van der Waals surface area contributed by atoms with Crippen molar-refractivity contribution in [2.75, 3.05) is 6.61 Å². The Kier molecular flexibility index (Phi) is 3.16. The van der Waals surface area contributed by atoms with E-state index < -0.39 is 0 Å². The van der Waals surface area contributed by atoms with Gasteiger partial charge in [0.15, 0.2) is 0 Å². The second-order valence-electron chi connectivity index (χ2n) is 7.54. The molecule has 1 aromatic heterocycles. The van der Waals surface area contributed by atoms with Gasteiger partial charge in [0.1, 0.15) is 0 Å². The Morgan fingerprint density at radius 2 is 2.19 bits per heavy atom. The van der Waals surface area contributed by atoms with E-state index in [0.29, 0.717) is 29.6 Å². The van der Waals surface area contributed by atoms with E-state index in [1.54, 1.807) is 0 Å². The van der Waals surface area contributed by atoms with E-state index in [4.69, 9.17) is 4.74 Å². The fraction of sp³-hybridized carbons (Fsp3) is 0.824. The molecule has 4 heteroatoms. The zero-order valence-corrected chi connectivity index (χ0v) is 13.4. The van der Waals surface area contributed by atoms with Crippen LogP contribution in [0, 0.1) is 11.3 Å². The highest BCUT2D eigenvalue weighted by Crippen LogP contribution is 2.63. The second kappa shape index (κ2) is 4.82. The van der Waals surface area contributed by atoms with Crippen LogP contribution in [0.15, 0.2) is 12.4 Å². The Labute approximate surface area is 127 Å². The fourth-order valence-corrected chi connectivity index (χ4v) is 4.72. The fourth-order valence-electron chi connectivity index (χ4n) is 4.72. The zero-order valence-electron chi connectivity index (χ0n) is 13.4. The molecule has 2 saturated carbocycles. The largest absolute Gasteiger partial charge is 0.377 e. The Balaban J connectivity index is 1.47. The van der Waals surface area contributed by atoms with Crippen molar-refractivity contribution in [3.8, 4) is 0 Å². The van der Waals surface area contributed by atoms with Crippen LogP contribution in [0.25, 0.3) is 0 Å². The summed E-state index contributed by atoms with van der Waals surface area (Å²) in [6.45, 7) is 7.58. The molecular weight excluding hydrogens is 262 g/mol. The van der Waals surface area contributed by atoms with E-state index in [0.717, 1.165) is 12.5 Å². The van der Waals surface area contributed by atoms with Crippen LogP contribution < -0.4 is 5.32 Å². The molecule has 4 nitrogen and oxygen atoms in total. The molecule has 4 atom stereocenters. The van der Waals surface area contributed by atoms with Gasteiger partial charge >= 0.3 is 0 Å². The molecule has 3 aliphatic rings. The summed E-state index contributed by atoms with van der Waals surface area (Å²) in [4.78, 5) is 0. The highest BCUT2D eigenvalue weighted by molar-refractivity contribution is 5.20. The molecule has 1 N–H and O–H groups in total. The summed E-state index contributed by atoms with van der Waals surface area (Å²) in [6.07, 6.45) is 10.1. The van der Waals surface area contributed by atoms with Gasteiger partial charge in [0.2, 0.25) is 0 Å². The van der Waals surface area contributed by atoms with Gasteiger partial charge in [-0.2, -0.15) is 5.10 Å². The molecule has 1 saturated heterocycles. The summed E-state index contributed by atoms with van der Waals surface area (Å²) in [5, 5.41) is 8.39. The predicted octanol–water partition coefficient (Wildman–Crippen LogP) is 3.07. The van der Waals surface area contributed by atoms with Crippen LogP contribution in [0.5, 0.6) is 0 Å². The highest BCUT2D eigenvalue weighted by atomic mass is 16.5. The maximum atomic E-state index is 6.01. The van der Waals surface area contributed by atoms with Crippen LogP contribution in [0.1, 0.15) is 64.1 Å². The van der Waals surface area contributed by atoms with E-state index in [9.17, 15) is 0 Å². The van der Waals surface area contributed by atoms with E-state index in [1.807, 2.05) is 6.20 Å². The molecule has 1 spiro atoms. The van der Waals surface area contributed by atoms with Crippen molar-refractivity contribution in [3.05, 3.63) is 18.0 Å². The van der Waals surface area contributed by atoms with Crippen LogP contribution in [0.4, 0.5) is 0 Å². The van der Waals surface area contributed by atoms with Gasteiger partial charge in [-0.1, -0.05) is 6.42 Å². The van der Waals surface area contributed by atoms with Crippen molar-refractivity contribution in [1.82, 2.24) is 15.1 Å². The first-order valence-electron chi connectivity index (χ1n) is 8.53. The summed E-state index contributed by atoms with van der Waals surface area (Å²) < 4.78 is 8.06. The number of hydrogen-bond donors (Lipinski definition) is 1. The van der Waals surface area contributed by atoms with E-state index in [2.05, 4.69) is 42.1 Å². The van der Waals surface area contributed by atoms with Gasteiger partial charge in [-0.15, -0.1) is 0 Å². The molecule has 2 heterocycles. The third-order valence-corrected chi connectivity index (χ3v) is 6.12. The molecule has 21 heavy (non-hydrogen) atoms. The van der Waals surface area contributed by atoms with Crippen LogP contribution >= 0.6 is 0 Å². The SMILES string of the molecule is CC(C)n1cc([C@H](C)N[C@@H]2[C@H]3CCO[C@H]3C23CCC3)cn1. The summed E-state index contributed by atoms with van der Waals surface area (Å²) in [7, 11) is 0. The molecule has 3 fully saturated rings. The van der Waals surface area contributed by atoms with Crippen molar-refractivity contribution < 1.29 is 4.74 Å². The minimum atomic E-state index is 0.376. The number of fused-ring (bicyclic) bond motifs is 2. The van der Waals surface area contributed by atoms with Gasteiger partial charge in [0.05, 0.1) is 12.3 Å². The number of nitrogens with zero attached hydrogens (tertiary/aromatic N) is 2. The predicted molar refractivity (Wildman–Crippen MR) is 82.1 cm³/mol. The minimum Gasteiger partial charge on any atom is -0.377 e. The Bertz CT molecular complexity index is 520. The lowest BCUT2D eigenvalue weighted by Crippen LogP contribution is -2.71. The van der Waals surface area contributed by atoms with Crippen LogP contribution in [0.2, 0.25) is 0 Å². The summed E-state index contributed by atoms with van der Waals surface area (Å²) in [5.74, 6) is 0.743. The van der Waals surface area contributed by atoms with Gasteiger partial charge in [-0.05, 0) is 40.0 Å². The lowest BCUT2D eigenvalue weighted by molar-refractivity contribution is -0.178. The molecule has 0 bridgehead atoms. The summed E-state index contributed by atoms with van der Waals surface area (Å²) >= 11 is 0. The molecule has 0 aromatic carbocycles. The normalized spacial score (nSPS) is 34.6. The number of nitrogens with one attached hydrogen (secondary N) is 1. The number of aromatic nitrogens is 2. The smallest absolute Gasteiger partial charge is 0.0690 e. The Morgan fingerprint density at radius 1 is 1.38 bits per heavy atom. The van der Waals surface area contributed by atoms with Gasteiger partial charge in [0.25, 0.3) is 0 Å². The minimum absolute atomic E-state index is 0.376. The van der Waals surface area contributed by atoms with Gasteiger partial charge in [0, 0.05) is 47.8 Å². The molecule has 0 unspecified atom stereocenters. The third-order valence-electron chi connectivity index (χ3n) is 6.12. The van der Waals surface area contributed by atoms with E-state index in [-0.39, 0.29) is 0 Å². The standard InChI is InChI=1S/C17H27N3O/c1-11(2)20-10-13(9-18-20)12(3)19-15-14-5-8-21-16(14)17(15)6-4-7-17/h9-12,14-16,19H,4-8H2,1-3H3/t12-,14+,15+,16+/m0/s1. The first kappa shape index (κ1) is 13.8. The van der Waals surface area contributed by atoms with E-state index >= 15 is 0 Å². The molecule has 0 radical (unpaired) electrons. The monoisotopic (exact) mass is 289 g/mol. The van der Waals surface area contributed by atoms with Crippen molar-refractivity contribution in [1.29, 1.82) is 0 Å². The maximum Gasteiger partial charge on any atom is 0.0690 e. The second-order valence-corrected chi connectivity index (χ2v) is 7.54.